The number of carbonyl (C=O) groups is 1. The molecule has 5 heteroatoms. The van der Waals surface area contributed by atoms with Gasteiger partial charge >= 0.3 is 0 Å². The van der Waals surface area contributed by atoms with Gasteiger partial charge in [0.2, 0.25) is 0 Å². The summed E-state index contributed by atoms with van der Waals surface area (Å²) in [5.74, 6) is 0.724. The molecule has 1 amide bonds. The summed E-state index contributed by atoms with van der Waals surface area (Å²) in [4.78, 5) is 13.6. The monoisotopic (exact) mass is 395 g/mol. The minimum absolute atomic E-state index is 0.251. The van der Waals surface area contributed by atoms with Crippen molar-refractivity contribution in [2.75, 3.05) is 5.32 Å². The molecule has 0 radical (unpaired) electrons. The Morgan fingerprint density at radius 3 is 2.46 bits per heavy atom. The Bertz CT molecular complexity index is 929. The van der Waals surface area contributed by atoms with Crippen LogP contribution in [0.2, 0.25) is 0 Å². The number of hydrogen-bond donors (Lipinski definition) is 1. The molecule has 0 saturated heterocycles. The molecule has 3 rings (SSSR count). The van der Waals surface area contributed by atoms with Gasteiger partial charge in [-0.1, -0.05) is 30.3 Å². The van der Waals surface area contributed by atoms with E-state index in [1.165, 1.54) is 34.7 Å². The lowest BCUT2D eigenvalue weighted by atomic mass is 10.1. The lowest BCUT2D eigenvalue weighted by Crippen LogP contribution is -2.30. The first-order chi connectivity index (χ1) is 13.5. The predicted octanol–water partition coefficient (Wildman–Crippen LogP) is 5.83. The molecule has 0 heterocycles. The smallest absolute Gasteiger partial charge is 0.265 e. The van der Waals surface area contributed by atoms with Gasteiger partial charge in [-0.05, 0) is 67.4 Å². The van der Waals surface area contributed by atoms with E-state index in [2.05, 4.69) is 23.5 Å². The summed E-state index contributed by atoms with van der Waals surface area (Å²) >= 11 is 1.78. The predicted molar refractivity (Wildman–Crippen MR) is 112 cm³/mol. The normalized spacial score (nSPS) is 11.7. The summed E-state index contributed by atoms with van der Waals surface area (Å²) in [7, 11) is 0. The molecular formula is C23H22FNO2S. The van der Waals surface area contributed by atoms with Gasteiger partial charge in [-0.3, -0.25) is 4.79 Å². The zero-order valence-corrected chi connectivity index (χ0v) is 16.6. The number of aryl methyl sites for hydroxylation is 1. The first-order valence-electron chi connectivity index (χ1n) is 9.02. The highest BCUT2D eigenvalue weighted by molar-refractivity contribution is 7.98. The zero-order valence-electron chi connectivity index (χ0n) is 15.8. The Morgan fingerprint density at radius 1 is 1.07 bits per heavy atom. The van der Waals surface area contributed by atoms with Crippen LogP contribution >= 0.6 is 11.8 Å². The third-order valence-corrected chi connectivity index (χ3v) is 5.28. The van der Waals surface area contributed by atoms with Crippen molar-refractivity contribution in [2.24, 2.45) is 0 Å². The van der Waals surface area contributed by atoms with E-state index in [4.69, 9.17) is 4.74 Å². The van der Waals surface area contributed by atoms with Crippen molar-refractivity contribution in [1.29, 1.82) is 0 Å². The van der Waals surface area contributed by atoms with Crippen molar-refractivity contribution in [3.63, 3.8) is 0 Å². The van der Waals surface area contributed by atoms with Gasteiger partial charge in [0.25, 0.3) is 5.91 Å². The van der Waals surface area contributed by atoms with Crippen molar-refractivity contribution in [3.05, 3.63) is 89.7 Å². The Hall–Kier alpha value is -2.79. The van der Waals surface area contributed by atoms with E-state index in [0.717, 1.165) is 17.0 Å². The van der Waals surface area contributed by atoms with E-state index in [1.807, 2.05) is 37.3 Å². The molecule has 0 aromatic heterocycles. The van der Waals surface area contributed by atoms with Crippen molar-refractivity contribution in [1.82, 2.24) is 0 Å². The second-order valence-electron chi connectivity index (χ2n) is 6.45. The summed E-state index contributed by atoms with van der Waals surface area (Å²) in [6.07, 6.45) is -0.696. The minimum atomic E-state index is -0.696. The molecule has 1 atom stereocenters. The Morgan fingerprint density at radius 2 is 1.79 bits per heavy atom. The van der Waals surface area contributed by atoms with Crippen LogP contribution in [0.25, 0.3) is 0 Å². The van der Waals surface area contributed by atoms with E-state index in [0.29, 0.717) is 5.75 Å². The van der Waals surface area contributed by atoms with Crippen LogP contribution in [0.4, 0.5) is 10.1 Å². The molecule has 3 aromatic carbocycles. The average molecular weight is 395 g/mol. The number of hydrogen-bond acceptors (Lipinski definition) is 3. The number of carbonyl (C=O) groups excluding carboxylic acids is 1. The highest BCUT2D eigenvalue weighted by atomic mass is 32.2. The van der Waals surface area contributed by atoms with Crippen molar-refractivity contribution < 1.29 is 13.9 Å². The van der Waals surface area contributed by atoms with Gasteiger partial charge in [-0.15, -0.1) is 11.8 Å². The van der Waals surface area contributed by atoms with Crippen LogP contribution in [-0.4, -0.2) is 12.0 Å². The molecule has 3 nitrogen and oxygen atoms in total. The maximum absolute atomic E-state index is 13.0. The highest BCUT2D eigenvalue weighted by Gasteiger charge is 2.16. The molecule has 3 aromatic rings. The number of benzene rings is 3. The lowest BCUT2D eigenvalue weighted by molar-refractivity contribution is -0.122. The molecule has 0 fully saturated rings. The number of thioether (sulfide) groups is 1. The Kier molecular flexibility index (Phi) is 6.71. The summed E-state index contributed by atoms with van der Waals surface area (Å²) in [5, 5.41) is 2.90. The minimum Gasteiger partial charge on any atom is -0.481 e. The summed E-state index contributed by atoms with van der Waals surface area (Å²) in [5.41, 5.74) is 2.95. The third-order valence-electron chi connectivity index (χ3n) is 4.19. The van der Waals surface area contributed by atoms with Gasteiger partial charge in [0.05, 0.1) is 0 Å². The van der Waals surface area contributed by atoms with Crippen LogP contribution in [-0.2, 0) is 10.5 Å². The molecule has 28 heavy (non-hydrogen) atoms. The third kappa shape index (κ3) is 5.60. The fourth-order valence-electron chi connectivity index (χ4n) is 2.64. The van der Waals surface area contributed by atoms with Crippen molar-refractivity contribution >= 4 is 23.4 Å². The molecule has 1 N–H and O–H groups in total. The number of nitrogens with one attached hydrogen (secondary N) is 1. The fraction of sp³-hybridized carbons (Fsp3) is 0.174. The molecule has 0 aliphatic carbocycles. The van der Waals surface area contributed by atoms with Gasteiger partial charge in [0, 0.05) is 16.3 Å². The topological polar surface area (TPSA) is 38.3 Å². The van der Waals surface area contributed by atoms with Crippen LogP contribution in [0.3, 0.4) is 0 Å². The Labute approximate surface area is 168 Å². The number of halogens is 1. The van der Waals surface area contributed by atoms with Crippen molar-refractivity contribution in [3.8, 4) is 5.75 Å². The van der Waals surface area contributed by atoms with Crippen LogP contribution in [0.15, 0.2) is 77.7 Å². The number of ether oxygens (including phenoxy) is 1. The molecule has 0 saturated carbocycles. The standard InChI is InChI=1S/C23H22FNO2S/c1-16-14-18(15-28-21-6-4-3-5-7-21)8-13-22(16)25-23(26)17(2)27-20-11-9-19(24)10-12-20/h3-14,17H,15H2,1-2H3,(H,25,26)/t17-/m1/s1. The van der Waals surface area contributed by atoms with Crippen LogP contribution in [0.1, 0.15) is 18.1 Å². The fourth-order valence-corrected chi connectivity index (χ4v) is 3.51. The summed E-state index contributed by atoms with van der Waals surface area (Å²) in [6, 6.07) is 21.9. The van der Waals surface area contributed by atoms with Gasteiger partial charge in [-0.2, -0.15) is 0 Å². The Balaban J connectivity index is 1.57. The zero-order chi connectivity index (χ0) is 19.9. The molecule has 0 aliphatic heterocycles. The molecule has 0 spiro atoms. The molecule has 0 bridgehead atoms. The van der Waals surface area contributed by atoms with Crippen LogP contribution < -0.4 is 10.1 Å². The number of anilines is 1. The largest absolute Gasteiger partial charge is 0.481 e. The van der Waals surface area contributed by atoms with E-state index in [9.17, 15) is 9.18 Å². The molecule has 0 aliphatic rings. The SMILES string of the molecule is Cc1cc(CSc2ccccc2)ccc1NC(=O)[C@@H](C)Oc1ccc(F)cc1. The van der Waals surface area contributed by atoms with Crippen LogP contribution in [0, 0.1) is 12.7 Å². The van der Waals surface area contributed by atoms with Gasteiger partial charge < -0.3 is 10.1 Å². The highest BCUT2D eigenvalue weighted by Crippen LogP contribution is 2.25. The first-order valence-corrected chi connectivity index (χ1v) is 10.0. The first kappa shape index (κ1) is 20.0. The van der Waals surface area contributed by atoms with E-state index in [1.54, 1.807) is 18.7 Å². The van der Waals surface area contributed by atoms with E-state index >= 15 is 0 Å². The summed E-state index contributed by atoms with van der Waals surface area (Å²) in [6.45, 7) is 3.64. The number of rotatable bonds is 7. The van der Waals surface area contributed by atoms with E-state index in [-0.39, 0.29) is 11.7 Å². The second-order valence-corrected chi connectivity index (χ2v) is 7.50. The molecule has 144 valence electrons. The lowest BCUT2D eigenvalue weighted by Gasteiger charge is -2.16. The molecular weight excluding hydrogens is 373 g/mol. The maximum Gasteiger partial charge on any atom is 0.265 e. The quantitative estimate of drug-likeness (QED) is 0.511. The maximum atomic E-state index is 13.0. The number of amides is 1. The van der Waals surface area contributed by atoms with Crippen LogP contribution in [0.5, 0.6) is 5.75 Å². The average Bonchev–Trinajstić information content (AvgIpc) is 2.70. The second kappa shape index (κ2) is 9.42. The van der Waals surface area contributed by atoms with Gasteiger partial charge in [-0.25, -0.2) is 4.39 Å². The molecule has 0 unspecified atom stereocenters. The van der Waals surface area contributed by atoms with Gasteiger partial charge in [0.1, 0.15) is 11.6 Å². The van der Waals surface area contributed by atoms with Crippen molar-refractivity contribution in [2.45, 2.75) is 30.6 Å². The van der Waals surface area contributed by atoms with E-state index < -0.39 is 6.10 Å². The van der Waals surface area contributed by atoms with Gasteiger partial charge in [0.15, 0.2) is 6.10 Å². The summed E-state index contributed by atoms with van der Waals surface area (Å²) < 4.78 is 18.5.